The Balaban J connectivity index is 1.56. The summed E-state index contributed by atoms with van der Waals surface area (Å²) in [7, 11) is -7.96. The van der Waals surface area contributed by atoms with E-state index in [0.717, 1.165) is 38.0 Å². The molecular formula is C22H20N4O7S2. The Kier molecular flexibility index (Phi) is 4.52. The van der Waals surface area contributed by atoms with Crippen molar-refractivity contribution in [3.05, 3.63) is 46.2 Å². The van der Waals surface area contributed by atoms with Gasteiger partial charge in [0.05, 0.1) is 17.3 Å². The zero-order valence-corrected chi connectivity index (χ0v) is 20.0. The third-order valence-corrected chi connectivity index (χ3v) is 8.35. The first kappa shape index (κ1) is 21.9. The van der Waals surface area contributed by atoms with E-state index in [1.165, 1.54) is 12.1 Å². The second-order valence-electron chi connectivity index (χ2n) is 8.85. The van der Waals surface area contributed by atoms with Crippen LogP contribution in [-0.2, 0) is 20.0 Å². The molecule has 182 valence electrons. The van der Waals surface area contributed by atoms with Gasteiger partial charge in [-0.1, -0.05) is 12.8 Å². The van der Waals surface area contributed by atoms with Crippen LogP contribution in [0.5, 0.6) is 5.75 Å². The van der Waals surface area contributed by atoms with Crippen LogP contribution in [0.4, 0.5) is 11.4 Å². The molecule has 0 spiro atoms. The Morgan fingerprint density at radius 1 is 1.17 bits per heavy atom. The number of nitrogens with zero attached hydrogens (tertiary/aromatic N) is 2. The molecule has 0 unspecified atom stereocenters. The number of hydrogen-bond acceptors (Lipinski definition) is 8. The molecule has 1 aliphatic carbocycles. The lowest BCUT2D eigenvalue weighted by Crippen LogP contribution is -2.33. The van der Waals surface area contributed by atoms with E-state index in [0.29, 0.717) is 22.1 Å². The molecule has 1 fully saturated rings. The summed E-state index contributed by atoms with van der Waals surface area (Å²) in [5.74, 6) is -0.718. The zero-order valence-electron chi connectivity index (χ0n) is 18.4. The van der Waals surface area contributed by atoms with Gasteiger partial charge >= 0.3 is 0 Å². The lowest BCUT2D eigenvalue weighted by molar-refractivity contribution is 0.471. The Hall–Kier alpha value is -3.58. The predicted molar refractivity (Wildman–Crippen MR) is 131 cm³/mol. The van der Waals surface area contributed by atoms with Crippen molar-refractivity contribution in [2.24, 2.45) is 4.40 Å². The van der Waals surface area contributed by atoms with Crippen molar-refractivity contribution in [2.45, 2.75) is 36.6 Å². The molecule has 4 heterocycles. The highest BCUT2D eigenvalue weighted by atomic mass is 32.2. The van der Waals surface area contributed by atoms with Crippen LogP contribution in [-0.4, -0.2) is 38.6 Å². The summed E-state index contributed by atoms with van der Waals surface area (Å²) >= 11 is 0. The molecule has 2 aliphatic rings. The fourth-order valence-electron chi connectivity index (χ4n) is 5.02. The number of nitrogens with one attached hydrogen (secondary N) is 2. The Morgan fingerprint density at radius 2 is 1.89 bits per heavy atom. The summed E-state index contributed by atoms with van der Waals surface area (Å²) in [5, 5.41) is 14.3. The standard InChI is InChI=1S/C22H20N4O7S2/c1-34(29,30)24-11-6-7-13-16(10-11)35(31,32)25-21(23-13)18-20(27)17-14-8-9-15(33-14)19(17)26(22(18)28)12-4-2-3-5-12/h6-10,12,24,27H,2-5H2,1H3,(H,23,25). The van der Waals surface area contributed by atoms with E-state index in [9.17, 15) is 26.7 Å². The van der Waals surface area contributed by atoms with E-state index in [4.69, 9.17) is 4.42 Å². The average molecular weight is 517 g/mol. The molecule has 0 amide bonds. The topological polar surface area (TPSA) is 160 Å². The van der Waals surface area contributed by atoms with Crippen LogP contribution in [0.2, 0.25) is 0 Å². The predicted octanol–water partition coefficient (Wildman–Crippen LogP) is 2.94. The van der Waals surface area contributed by atoms with Crippen molar-refractivity contribution < 1.29 is 26.4 Å². The number of pyridine rings is 1. The van der Waals surface area contributed by atoms with Gasteiger partial charge in [0, 0.05) is 11.7 Å². The van der Waals surface area contributed by atoms with Crippen molar-refractivity contribution in [2.75, 3.05) is 16.3 Å². The smallest absolute Gasteiger partial charge is 0.286 e. The van der Waals surface area contributed by atoms with Crippen LogP contribution in [0.1, 0.15) is 37.3 Å². The first-order valence-electron chi connectivity index (χ1n) is 10.9. The molecular weight excluding hydrogens is 496 g/mol. The van der Waals surface area contributed by atoms with Gasteiger partial charge in [0.25, 0.3) is 15.6 Å². The number of furan rings is 2. The molecule has 11 nitrogen and oxygen atoms in total. The fourth-order valence-corrected chi connectivity index (χ4v) is 6.73. The number of amidine groups is 1. The van der Waals surface area contributed by atoms with Crippen molar-refractivity contribution >= 4 is 59.3 Å². The highest BCUT2D eigenvalue weighted by molar-refractivity contribution is 7.92. The van der Waals surface area contributed by atoms with Gasteiger partial charge in [-0.3, -0.25) is 9.52 Å². The molecule has 1 aromatic carbocycles. The molecule has 0 saturated heterocycles. The summed E-state index contributed by atoms with van der Waals surface area (Å²) < 4.78 is 62.6. The van der Waals surface area contributed by atoms with E-state index in [-0.39, 0.29) is 33.7 Å². The SMILES string of the molecule is CS(=O)(=O)Nc1ccc2c(c1)S(=O)(=O)N=C(c1c(O)c3c4ccc(o4)c3n(C3CCCC3)c1=O)N2. The molecule has 2 bridgehead atoms. The number of aromatic hydroxyl groups is 1. The molecule has 1 aliphatic heterocycles. The lowest BCUT2D eigenvalue weighted by Gasteiger charge is -2.22. The van der Waals surface area contributed by atoms with Crippen LogP contribution in [0, 0.1) is 0 Å². The number of fused-ring (bicyclic) bond motifs is 6. The van der Waals surface area contributed by atoms with E-state index >= 15 is 0 Å². The van der Waals surface area contributed by atoms with Gasteiger partial charge in [-0.15, -0.1) is 4.40 Å². The summed E-state index contributed by atoms with van der Waals surface area (Å²) in [4.78, 5) is 13.5. The molecule has 35 heavy (non-hydrogen) atoms. The molecule has 1 saturated carbocycles. The molecule has 4 aromatic rings. The Labute approximate surface area is 199 Å². The van der Waals surface area contributed by atoms with Gasteiger partial charge in [0.15, 0.2) is 11.4 Å². The van der Waals surface area contributed by atoms with Crippen LogP contribution in [0.25, 0.3) is 22.1 Å². The van der Waals surface area contributed by atoms with Crippen molar-refractivity contribution in [3.8, 4) is 5.75 Å². The first-order chi connectivity index (χ1) is 16.5. The third kappa shape index (κ3) is 3.37. The van der Waals surface area contributed by atoms with Gasteiger partial charge in [-0.05, 0) is 43.2 Å². The quantitative estimate of drug-likeness (QED) is 0.373. The van der Waals surface area contributed by atoms with E-state index in [1.54, 1.807) is 16.7 Å². The van der Waals surface area contributed by atoms with Crippen LogP contribution in [0.3, 0.4) is 0 Å². The highest BCUT2D eigenvalue weighted by Gasteiger charge is 2.34. The van der Waals surface area contributed by atoms with Gasteiger partial charge in [-0.2, -0.15) is 8.42 Å². The monoisotopic (exact) mass is 516 g/mol. The zero-order chi connectivity index (χ0) is 24.7. The number of rotatable bonds is 4. The van der Waals surface area contributed by atoms with Crippen molar-refractivity contribution in [1.82, 2.24) is 4.57 Å². The normalized spacial score (nSPS) is 18.0. The highest BCUT2D eigenvalue weighted by Crippen LogP contribution is 2.42. The number of aromatic nitrogens is 1. The van der Waals surface area contributed by atoms with Crippen molar-refractivity contribution in [1.29, 1.82) is 0 Å². The van der Waals surface area contributed by atoms with Crippen LogP contribution in [0.15, 0.2) is 48.8 Å². The maximum absolute atomic E-state index is 13.8. The van der Waals surface area contributed by atoms with Gasteiger partial charge in [-0.25, -0.2) is 8.42 Å². The maximum Gasteiger partial charge on any atom is 0.286 e. The summed E-state index contributed by atoms with van der Waals surface area (Å²) in [5.41, 5.74) is 0.678. The van der Waals surface area contributed by atoms with Crippen LogP contribution >= 0.6 is 0 Å². The molecule has 3 aromatic heterocycles. The summed E-state index contributed by atoms with van der Waals surface area (Å²) in [6, 6.07) is 7.20. The molecule has 13 heteroatoms. The maximum atomic E-state index is 13.8. The third-order valence-electron chi connectivity index (χ3n) is 6.42. The van der Waals surface area contributed by atoms with Crippen LogP contribution < -0.4 is 15.6 Å². The van der Waals surface area contributed by atoms with E-state index < -0.39 is 31.4 Å². The molecule has 6 rings (SSSR count). The van der Waals surface area contributed by atoms with Gasteiger partial charge in [0.1, 0.15) is 27.3 Å². The average Bonchev–Trinajstić information content (AvgIpc) is 3.51. The first-order valence-corrected chi connectivity index (χ1v) is 14.2. The van der Waals surface area contributed by atoms with Gasteiger partial charge < -0.3 is 19.4 Å². The largest absolute Gasteiger partial charge is 0.506 e. The number of benzene rings is 2. The minimum atomic E-state index is -4.33. The second-order valence-corrected chi connectivity index (χ2v) is 12.2. The fraction of sp³-hybridized carbons (Fsp3) is 0.273. The Bertz CT molecular complexity index is 1830. The molecule has 3 N–H and O–H groups in total. The van der Waals surface area contributed by atoms with Crippen molar-refractivity contribution in [3.63, 3.8) is 0 Å². The summed E-state index contributed by atoms with van der Waals surface area (Å²) in [6.45, 7) is 0. The Morgan fingerprint density at radius 3 is 2.60 bits per heavy atom. The summed E-state index contributed by atoms with van der Waals surface area (Å²) in [6.07, 6.45) is 4.41. The number of anilines is 2. The van der Waals surface area contributed by atoms with E-state index in [1.807, 2.05) is 0 Å². The number of sulfonamides is 2. The molecule has 0 atom stereocenters. The second kappa shape index (κ2) is 7.21. The number of hydrogen-bond donors (Lipinski definition) is 3. The van der Waals surface area contributed by atoms with Gasteiger partial charge in [0.2, 0.25) is 10.0 Å². The molecule has 0 radical (unpaired) electrons. The van der Waals surface area contributed by atoms with E-state index in [2.05, 4.69) is 14.4 Å². The minimum Gasteiger partial charge on any atom is -0.506 e. The minimum absolute atomic E-state index is 0.0487. The lowest BCUT2D eigenvalue weighted by atomic mass is 10.1.